The number of amides is 2. The topological polar surface area (TPSA) is 61.4 Å². The Morgan fingerprint density at radius 3 is 2.22 bits per heavy atom. The summed E-state index contributed by atoms with van der Waals surface area (Å²) in [5, 5.41) is 6.10. The van der Waals surface area contributed by atoms with Crippen molar-refractivity contribution < 1.29 is 9.59 Å². The first kappa shape index (κ1) is 25.8. The van der Waals surface area contributed by atoms with Gasteiger partial charge in [0.15, 0.2) is 0 Å². The molecule has 1 heterocycles. The number of carbonyl (C=O) groups is 2. The van der Waals surface area contributed by atoms with Crippen LogP contribution in [0.2, 0.25) is 0 Å². The van der Waals surface area contributed by atoms with Crippen LogP contribution < -0.4 is 10.6 Å². The lowest BCUT2D eigenvalue weighted by Crippen LogP contribution is -2.50. The second-order valence-electron chi connectivity index (χ2n) is 13.0. The van der Waals surface area contributed by atoms with Crippen molar-refractivity contribution >= 4 is 11.8 Å². The lowest BCUT2D eigenvalue weighted by molar-refractivity contribution is -0.123. The van der Waals surface area contributed by atoms with E-state index in [1.54, 1.807) is 0 Å². The maximum absolute atomic E-state index is 13.1. The molecule has 2 N–H and O–H groups in total. The molecule has 1 aromatic carbocycles. The zero-order valence-corrected chi connectivity index (χ0v) is 22.7. The molecule has 198 valence electrons. The Bertz CT molecular complexity index is 889. The standard InChI is InChI=1S/C31H47N3O2/c1-21(2)28(30(36)32-12-6-14-34-13-5-4-7-22(34)3)33-29(35)26-8-10-27(11-9-26)31-18-23-15-24(19-31)17-25(16-23)20-31/h8-11,21-25,28H,4-7,12-20H2,1-3H3,(H,32,36)(H,33,35)/t22-,23?,24?,25?,28+,31?/m0/s1. The minimum absolute atomic E-state index is 0.0300. The van der Waals surface area contributed by atoms with Crippen molar-refractivity contribution in [3.05, 3.63) is 35.4 Å². The quantitative estimate of drug-likeness (QED) is 0.460. The van der Waals surface area contributed by atoms with E-state index in [1.165, 1.54) is 69.9 Å². The Kier molecular flexibility index (Phi) is 7.76. The lowest BCUT2D eigenvalue weighted by Gasteiger charge is -2.57. The largest absolute Gasteiger partial charge is 0.354 e. The molecule has 1 saturated heterocycles. The molecule has 0 aromatic heterocycles. The Morgan fingerprint density at radius 1 is 1.00 bits per heavy atom. The molecule has 4 aliphatic carbocycles. The first-order valence-corrected chi connectivity index (χ1v) is 14.8. The fraction of sp³-hybridized carbons (Fsp3) is 0.742. The van der Waals surface area contributed by atoms with Crippen LogP contribution in [0.3, 0.4) is 0 Å². The fourth-order valence-corrected chi connectivity index (χ4v) is 8.29. The SMILES string of the molecule is CC(C)[C@@H](NC(=O)c1ccc(C23CC4CC(CC(C4)C2)C3)cc1)C(=O)NCCCN1CCCC[C@@H]1C. The second-order valence-corrected chi connectivity index (χ2v) is 13.0. The number of piperidine rings is 1. The van der Waals surface area contributed by atoms with Gasteiger partial charge in [-0.05, 0) is 118 Å². The Morgan fingerprint density at radius 2 is 1.64 bits per heavy atom. The number of carbonyl (C=O) groups excluding carboxylic acids is 2. The summed E-state index contributed by atoms with van der Waals surface area (Å²) >= 11 is 0. The van der Waals surface area contributed by atoms with E-state index in [4.69, 9.17) is 0 Å². The molecular weight excluding hydrogens is 446 g/mol. The van der Waals surface area contributed by atoms with Crippen LogP contribution >= 0.6 is 0 Å². The fourth-order valence-electron chi connectivity index (χ4n) is 8.29. The van der Waals surface area contributed by atoms with E-state index in [1.807, 2.05) is 26.0 Å². The van der Waals surface area contributed by atoms with Crippen LogP contribution in [0.4, 0.5) is 0 Å². The van der Waals surface area contributed by atoms with Crippen LogP contribution in [0, 0.1) is 23.7 Å². The van der Waals surface area contributed by atoms with Gasteiger partial charge in [-0.2, -0.15) is 0 Å². The molecule has 5 nitrogen and oxygen atoms in total. The summed E-state index contributed by atoms with van der Waals surface area (Å²) in [5.74, 6) is 2.54. The van der Waals surface area contributed by atoms with Gasteiger partial charge >= 0.3 is 0 Å². The zero-order chi connectivity index (χ0) is 25.3. The van der Waals surface area contributed by atoms with Crippen molar-refractivity contribution in [3.63, 3.8) is 0 Å². The number of nitrogens with one attached hydrogen (secondary N) is 2. The predicted molar refractivity (Wildman–Crippen MR) is 145 cm³/mol. The number of hydrogen-bond acceptors (Lipinski definition) is 3. The van der Waals surface area contributed by atoms with E-state index in [9.17, 15) is 9.59 Å². The van der Waals surface area contributed by atoms with Gasteiger partial charge < -0.3 is 15.5 Å². The third-order valence-corrected chi connectivity index (χ3v) is 9.90. The summed E-state index contributed by atoms with van der Waals surface area (Å²) in [5.41, 5.74) is 2.43. The summed E-state index contributed by atoms with van der Waals surface area (Å²) in [7, 11) is 0. The highest BCUT2D eigenvalue weighted by molar-refractivity contribution is 5.97. The predicted octanol–water partition coefficient (Wildman–Crippen LogP) is 5.29. The molecule has 0 unspecified atom stereocenters. The van der Waals surface area contributed by atoms with Crippen LogP contribution in [0.25, 0.3) is 0 Å². The molecule has 4 saturated carbocycles. The smallest absolute Gasteiger partial charge is 0.251 e. The Hall–Kier alpha value is -1.88. The third-order valence-electron chi connectivity index (χ3n) is 9.90. The van der Waals surface area contributed by atoms with E-state index in [0.717, 1.165) is 30.7 Å². The van der Waals surface area contributed by atoms with Crippen molar-refractivity contribution in [1.29, 1.82) is 0 Å². The van der Waals surface area contributed by atoms with E-state index >= 15 is 0 Å². The van der Waals surface area contributed by atoms with Crippen molar-refractivity contribution in [2.24, 2.45) is 23.7 Å². The molecule has 2 atom stereocenters. The zero-order valence-electron chi connectivity index (χ0n) is 22.7. The molecule has 1 aliphatic heterocycles. The number of rotatable bonds is 9. The molecule has 36 heavy (non-hydrogen) atoms. The first-order chi connectivity index (χ1) is 17.3. The average Bonchev–Trinajstić information content (AvgIpc) is 2.85. The summed E-state index contributed by atoms with van der Waals surface area (Å²) in [6, 6.07) is 8.50. The van der Waals surface area contributed by atoms with E-state index in [2.05, 4.69) is 34.6 Å². The van der Waals surface area contributed by atoms with Crippen molar-refractivity contribution in [1.82, 2.24) is 15.5 Å². The summed E-state index contributed by atoms with van der Waals surface area (Å²) in [6.07, 6.45) is 13.1. The molecular formula is C31H47N3O2. The third kappa shape index (κ3) is 5.51. The highest BCUT2D eigenvalue weighted by Gasteiger charge is 2.51. The highest BCUT2D eigenvalue weighted by Crippen LogP contribution is 2.60. The maximum atomic E-state index is 13.1. The minimum atomic E-state index is -0.519. The normalized spacial score (nSPS) is 32.4. The molecule has 0 radical (unpaired) electrons. The molecule has 2 amide bonds. The maximum Gasteiger partial charge on any atom is 0.251 e. The van der Waals surface area contributed by atoms with Gasteiger partial charge in [0, 0.05) is 24.7 Å². The van der Waals surface area contributed by atoms with Gasteiger partial charge in [-0.3, -0.25) is 9.59 Å². The highest BCUT2D eigenvalue weighted by atomic mass is 16.2. The average molecular weight is 494 g/mol. The van der Waals surface area contributed by atoms with Crippen molar-refractivity contribution in [2.75, 3.05) is 19.6 Å². The van der Waals surface area contributed by atoms with Crippen LogP contribution in [0.5, 0.6) is 0 Å². The van der Waals surface area contributed by atoms with E-state index < -0.39 is 6.04 Å². The van der Waals surface area contributed by atoms with Crippen LogP contribution in [-0.4, -0.2) is 48.4 Å². The molecule has 1 aromatic rings. The van der Waals surface area contributed by atoms with E-state index in [-0.39, 0.29) is 17.7 Å². The van der Waals surface area contributed by atoms with Crippen LogP contribution in [0.15, 0.2) is 24.3 Å². The minimum Gasteiger partial charge on any atom is -0.354 e. The van der Waals surface area contributed by atoms with Gasteiger partial charge in [0.1, 0.15) is 6.04 Å². The molecule has 5 fully saturated rings. The van der Waals surface area contributed by atoms with Crippen molar-refractivity contribution in [3.8, 4) is 0 Å². The summed E-state index contributed by atoms with van der Waals surface area (Å²) < 4.78 is 0. The van der Waals surface area contributed by atoms with E-state index in [0.29, 0.717) is 23.6 Å². The summed E-state index contributed by atoms with van der Waals surface area (Å²) in [6.45, 7) is 9.14. The Labute approximate surface area is 218 Å². The van der Waals surface area contributed by atoms with Gasteiger partial charge in [0.25, 0.3) is 5.91 Å². The number of benzene rings is 1. The van der Waals surface area contributed by atoms with Gasteiger partial charge in [0.2, 0.25) is 5.91 Å². The lowest BCUT2D eigenvalue weighted by atomic mass is 9.48. The second kappa shape index (κ2) is 10.8. The summed E-state index contributed by atoms with van der Waals surface area (Å²) in [4.78, 5) is 28.6. The van der Waals surface area contributed by atoms with Crippen molar-refractivity contribution in [2.45, 2.75) is 102 Å². The molecule has 6 rings (SSSR count). The first-order valence-electron chi connectivity index (χ1n) is 14.8. The monoisotopic (exact) mass is 493 g/mol. The van der Waals surface area contributed by atoms with Crippen LogP contribution in [0.1, 0.15) is 101 Å². The Balaban J connectivity index is 1.14. The molecule has 4 bridgehead atoms. The number of hydrogen-bond donors (Lipinski definition) is 2. The van der Waals surface area contributed by atoms with Gasteiger partial charge in [-0.15, -0.1) is 0 Å². The molecule has 5 heteroatoms. The molecule has 5 aliphatic rings. The molecule has 0 spiro atoms. The van der Waals surface area contributed by atoms with Gasteiger partial charge in [-0.25, -0.2) is 0 Å². The van der Waals surface area contributed by atoms with Crippen LogP contribution in [-0.2, 0) is 10.2 Å². The van der Waals surface area contributed by atoms with Gasteiger partial charge in [0.05, 0.1) is 0 Å². The number of nitrogens with zero attached hydrogens (tertiary/aromatic N) is 1. The number of likely N-dealkylation sites (tertiary alicyclic amines) is 1. The van der Waals surface area contributed by atoms with Gasteiger partial charge in [-0.1, -0.05) is 32.4 Å².